The Hall–Kier alpha value is -3.60. The highest BCUT2D eigenvalue weighted by molar-refractivity contribution is 5.96. The van der Waals surface area contributed by atoms with Crippen LogP contribution in [0, 0.1) is 6.92 Å². The fraction of sp³-hybridized carbons (Fsp3) is 0.130. The number of hydrogen-bond acceptors (Lipinski definition) is 3. The molecule has 3 aromatic rings. The van der Waals surface area contributed by atoms with Gasteiger partial charge in [-0.1, -0.05) is 60.7 Å². The lowest BCUT2D eigenvalue weighted by Gasteiger charge is -2.16. The molecule has 0 radical (unpaired) electrons. The van der Waals surface area contributed by atoms with Crippen LogP contribution < -0.4 is 15.6 Å². The lowest BCUT2D eigenvalue weighted by molar-refractivity contribution is -0.128. The van der Waals surface area contributed by atoms with Gasteiger partial charge in [0, 0.05) is 5.56 Å². The standard InChI is InChI=1S/C23H22N2O3/c1-16-8-6-7-11-21(16)28-17(2)22(26)24-25-23(27)20-14-12-19(13-15-20)18-9-4-3-5-10-18/h3-15,17H,1-2H3,(H,24,26)(H,25,27). The second kappa shape index (κ2) is 8.86. The third-order valence-electron chi connectivity index (χ3n) is 4.32. The molecule has 0 fully saturated rings. The summed E-state index contributed by atoms with van der Waals surface area (Å²) in [4.78, 5) is 24.4. The molecule has 1 atom stereocenters. The van der Waals surface area contributed by atoms with E-state index >= 15 is 0 Å². The molecule has 3 rings (SSSR count). The van der Waals surface area contributed by atoms with Gasteiger partial charge in [-0.25, -0.2) is 0 Å². The van der Waals surface area contributed by atoms with Gasteiger partial charge in [0.2, 0.25) is 0 Å². The van der Waals surface area contributed by atoms with E-state index in [4.69, 9.17) is 4.74 Å². The van der Waals surface area contributed by atoms with E-state index in [1.54, 1.807) is 25.1 Å². The molecule has 0 aliphatic rings. The second-order valence-corrected chi connectivity index (χ2v) is 6.41. The molecule has 1 unspecified atom stereocenters. The minimum Gasteiger partial charge on any atom is -0.481 e. The number of carbonyl (C=O) groups excluding carboxylic acids is 2. The molecule has 5 heteroatoms. The molecule has 3 aromatic carbocycles. The maximum absolute atomic E-state index is 12.3. The zero-order chi connectivity index (χ0) is 19.9. The van der Waals surface area contributed by atoms with Crippen LogP contribution in [0.25, 0.3) is 11.1 Å². The van der Waals surface area contributed by atoms with E-state index in [2.05, 4.69) is 10.9 Å². The van der Waals surface area contributed by atoms with E-state index in [1.165, 1.54) is 0 Å². The molecule has 0 aromatic heterocycles. The molecular formula is C23H22N2O3. The van der Waals surface area contributed by atoms with Crippen molar-refractivity contribution < 1.29 is 14.3 Å². The van der Waals surface area contributed by atoms with Crippen LogP contribution in [0.1, 0.15) is 22.8 Å². The molecule has 0 heterocycles. The van der Waals surface area contributed by atoms with Crippen molar-refractivity contribution in [3.05, 3.63) is 90.0 Å². The molecule has 0 saturated heterocycles. The van der Waals surface area contributed by atoms with Crippen molar-refractivity contribution in [2.24, 2.45) is 0 Å². The van der Waals surface area contributed by atoms with Crippen LogP contribution in [0.2, 0.25) is 0 Å². The smallest absolute Gasteiger partial charge is 0.279 e. The number of para-hydroxylation sites is 1. The summed E-state index contributed by atoms with van der Waals surface area (Å²) >= 11 is 0. The lowest BCUT2D eigenvalue weighted by atomic mass is 10.0. The van der Waals surface area contributed by atoms with Gasteiger partial charge >= 0.3 is 0 Å². The van der Waals surface area contributed by atoms with Gasteiger partial charge in [0.15, 0.2) is 6.10 Å². The minimum atomic E-state index is -0.748. The van der Waals surface area contributed by atoms with Crippen LogP contribution in [0.5, 0.6) is 5.75 Å². The third kappa shape index (κ3) is 4.76. The normalized spacial score (nSPS) is 11.4. The van der Waals surface area contributed by atoms with Crippen molar-refractivity contribution in [1.29, 1.82) is 0 Å². The fourth-order valence-corrected chi connectivity index (χ4v) is 2.67. The Bertz CT molecular complexity index is 953. The van der Waals surface area contributed by atoms with Crippen molar-refractivity contribution in [2.75, 3.05) is 0 Å². The molecule has 0 spiro atoms. The number of nitrogens with one attached hydrogen (secondary N) is 2. The zero-order valence-corrected chi connectivity index (χ0v) is 15.8. The second-order valence-electron chi connectivity index (χ2n) is 6.41. The molecular weight excluding hydrogens is 352 g/mol. The predicted molar refractivity (Wildman–Crippen MR) is 109 cm³/mol. The Balaban J connectivity index is 1.54. The van der Waals surface area contributed by atoms with Crippen LogP contribution in [-0.4, -0.2) is 17.9 Å². The van der Waals surface area contributed by atoms with Crippen molar-refractivity contribution in [2.45, 2.75) is 20.0 Å². The maximum atomic E-state index is 12.3. The van der Waals surface area contributed by atoms with Crippen LogP contribution in [-0.2, 0) is 4.79 Å². The first kappa shape index (κ1) is 19.2. The van der Waals surface area contributed by atoms with Crippen molar-refractivity contribution >= 4 is 11.8 Å². The Morgan fingerprint density at radius 2 is 1.39 bits per heavy atom. The zero-order valence-electron chi connectivity index (χ0n) is 15.8. The highest BCUT2D eigenvalue weighted by atomic mass is 16.5. The van der Waals surface area contributed by atoms with Gasteiger partial charge in [-0.15, -0.1) is 0 Å². The van der Waals surface area contributed by atoms with Crippen molar-refractivity contribution in [3.63, 3.8) is 0 Å². The number of benzene rings is 3. The first-order valence-electron chi connectivity index (χ1n) is 9.02. The number of carbonyl (C=O) groups is 2. The monoisotopic (exact) mass is 374 g/mol. The summed E-state index contributed by atoms with van der Waals surface area (Å²) in [6.45, 7) is 3.53. The number of rotatable bonds is 5. The molecule has 5 nitrogen and oxygen atoms in total. The predicted octanol–water partition coefficient (Wildman–Crippen LogP) is 3.89. The molecule has 0 bridgehead atoms. The number of amides is 2. The highest BCUT2D eigenvalue weighted by Gasteiger charge is 2.16. The summed E-state index contributed by atoms with van der Waals surface area (Å²) in [5.41, 5.74) is 8.30. The molecule has 2 N–H and O–H groups in total. The Morgan fingerprint density at radius 1 is 0.786 bits per heavy atom. The number of hydrogen-bond donors (Lipinski definition) is 2. The maximum Gasteiger partial charge on any atom is 0.279 e. The molecule has 0 aliphatic carbocycles. The van der Waals surface area contributed by atoms with E-state index in [0.717, 1.165) is 16.7 Å². The Kier molecular flexibility index (Phi) is 6.07. The number of ether oxygens (including phenoxy) is 1. The highest BCUT2D eigenvalue weighted by Crippen LogP contribution is 2.19. The van der Waals surface area contributed by atoms with E-state index in [1.807, 2.05) is 67.6 Å². The lowest BCUT2D eigenvalue weighted by Crippen LogP contribution is -2.47. The van der Waals surface area contributed by atoms with Crippen LogP contribution >= 0.6 is 0 Å². The van der Waals surface area contributed by atoms with Crippen LogP contribution in [0.3, 0.4) is 0 Å². The van der Waals surface area contributed by atoms with Crippen LogP contribution in [0.4, 0.5) is 0 Å². The summed E-state index contributed by atoms with van der Waals surface area (Å²) < 4.78 is 5.65. The Labute approximate surface area is 164 Å². The first-order chi connectivity index (χ1) is 13.5. The molecule has 28 heavy (non-hydrogen) atoms. The van der Waals surface area contributed by atoms with Gasteiger partial charge in [-0.3, -0.25) is 20.4 Å². The summed E-state index contributed by atoms with van der Waals surface area (Å²) in [5, 5.41) is 0. The molecule has 142 valence electrons. The molecule has 2 amide bonds. The topological polar surface area (TPSA) is 67.4 Å². The summed E-state index contributed by atoms with van der Waals surface area (Å²) in [7, 11) is 0. The van der Waals surface area contributed by atoms with Gasteiger partial charge in [0.05, 0.1) is 0 Å². The van der Waals surface area contributed by atoms with Crippen molar-refractivity contribution in [3.8, 4) is 16.9 Å². The van der Waals surface area contributed by atoms with Gasteiger partial charge in [0.1, 0.15) is 5.75 Å². The molecule has 0 saturated carbocycles. The van der Waals surface area contributed by atoms with E-state index in [0.29, 0.717) is 11.3 Å². The van der Waals surface area contributed by atoms with Gasteiger partial charge in [-0.05, 0) is 48.7 Å². The fourth-order valence-electron chi connectivity index (χ4n) is 2.67. The SMILES string of the molecule is Cc1ccccc1OC(C)C(=O)NNC(=O)c1ccc(-c2ccccc2)cc1. The van der Waals surface area contributed by atoms with Gasteiger partial charge < -0.3 is 4.74 Å². The number of hydrazine groups is 1. The largest absolute Gasteiger partial charge is 0.481 e. The molecule has 0 aliphatic heterocycles. The third-order valence-corrected chi connectivity index (χ3v) is 4.32. The van der Waals surface area contributed by atoms with E-state index in [9.17, 15) is 9.59 Å². The van der Waals surface area contributed by atoms with E-state index < -0.39 is 17.9 Å². The summed E-state index contributed by atoms with van der Waals surface area (Å²) in [6.07, 6.45) is -0.748. The average Bonchev–Trinajstić information content (AvgIpc) is 2.74. The first-order valence-corrected chi connectivity index (χ1v) is 9.02. The summed E-state index contributed by atoms with van der Waals surface area (Å²) in [6, 6.07) is 24.5. The number of aryl methyl sites for hydroxylation is 1. The van der Waals surface area contributed by atoms with Gasteiger partial charge in [0.25, 0.3) is 11.8 Å². The average molecular weight is 374 g/mol. The summed E-state index contributed by atoms with van der Waals surface area (Å²) in [5.74, 6) is -0.193. The van der Waals surface area contributed by atoms with E-state index in [-0.39, 0.29) is 0 Å². The Morgan fingerprint density at radius 3 is 2.07 bits per heavy atom. The van der Waals surface area contributed by atoms with Gasteiger partial charge in [-0.2, -0.15) is 0 Å². The van der Waals surface area contributed by atoms with Crippen LogP contribution in [0.15, 0.2) is 78.9 Å². The minimum absolute atomic E-state index is 0.393. The van der Waals surface area contributed by atoms with Crippen molar-refractivity contribution in [1.82, 2.24) is 10.9 Å². The quantitative estimate of drug-likeness (QED) is 0.666.